The highest BCUT2D eigenvalue weighted by Gasteiger charge is 2.10. The number of anilines is 1. The van der Waals surface area contributed by atoms with Gasteiger partial charge in [-0.3, -0.25) is 4.79 Å². The number of rotatable bonds is 7. The van der Waals surface area contributed by atoms with Gasteiger partial charge in [0.2, 0.25) is 5.91 Å². The SMILES string of the molecule is NC(CS)C(=O)Nc1ccc(CCCCI)cc1. The van der Waals surface area contributed by atoms with E-state index in [4.69, 9.17) is 5.73 Å². The first kappa shape index (κ1) is 15.8. The fourth-order valence-corrected chi connectivity index (χ4v) is 2.20. The molecule has 0 radical (unpaired) electrons. The molecule has 3 nitrogen and oxygen atoms in total. The Bertz CT molecular complexity index is 370. The van der Waals surface area contributed by atoms with Crippen molar-refractivity contribution in [2.45, 2.75) is 25.3 Å². The number of aryl methyl sites for hydroxylation is 1. The van der Waals surface area contributed by atoms with Gasteiger partial charge in [-0.15, -0.1) is 0 Å². The summed E-state index contributed by atoms with van der Waals surface area (Å²) in [6.07, 6.45) is 3.54. The zero-order chi connectivity index (χ0) is 13.4. The van der Waals surface area contributed by atoms with Gasteiger partial charge < -0.3 is 11.1 Å². The molecule has 0 saturated carbocycles. The van der Waals surface area contributed by atoms with E-state index in [2.05, 4.69) is 52.7 Å². The van der Waals surface area contributed by atoms with Crippen LogP contribution in [0.4, 0.5) is 5.69 Å². The molecule has 18 heavy (non-hydrogen) atoms. The molecule has 1 aromatic rings. The molecule has 0 aromatic heterocycles. The summed E-state index contributed by atoms with van der Waals surface area (Å²) in [6, 6.07) is 7.38. The van der Waals surface area contributed by atoms with Gasteiger partial charge in [-0.05, 0) is 41.4 Å². The number of carbonyl (C=O) groups is 1. The van der Waals surface area contributed by atoms with Crippen molar-refractivity contribution in [3.63, 3.8) is 0 Å². The van der Waals surface area contributed by atoms with E-state index in [0.29, 0.717) is 5.75 Å². The van der Waals surface area contributed by atoms with E-state index in [1.165, 1.54) is 22.8 Å². The lowest BCUT2D eigenvalue weighted by Crippen LogP contribution is -2.37. The third-order valence-electron chi connectivity index (χ3n) is 2.60. The number of unbranched alkanes of at least 4 members (excludes halogenated alkanes) is 1. The Labute approximate surface area is 127 Å². The standard InChI is InChI=1S/C13H19IN2OS/c14-8-2-1-3-10-4-6-11(7-5-10)16-13(17)12(15)9-18/h4-7,12,18H,1-3,8-9,15H2,(H,16,17). The number of nitrogens with one attached hydrogen (secondary N) is 1. The third kappa shape index (κ3) is 5.58. The van der Waals surface area contributed by atoms with Gasteiger partial charge in [-0.25, -0.2) is 0 Å². The largest absolute Gasteiger partial charge is 0.325 e. The second-order valence-electron chi connectivity index (χ2n) is 4.12. The van der Waals surface area contributed by atoms with E-state index in [1.807, 2.05) is 12.1 Å². The Morgan fingerprint density at radius 3 is 2.56 bits per heavy atom. The minimum absolute atomic E-state index is 0.192. The van der Waals surface area contributed by atoms with Crippen molar-refractivity contribution >= 4 is 46.8 Å². The van der Waals surface area contributed by atoms with Gasteiger partial charge >= 0.3 is 0 Å². The van der Waals surface area contributed by atoms with Gasteiger partial charge in [0.1, 0.15) is 0 Å². The topological polar surface area (TPSA) is 55.1 Å². The lowest BCUT2D eigenvalue weighted by atomic mass is 10.1. The molecule has 0 bridgehead atoms. The number of carbonyl (C=O) groups excluding carboxylic acids is 1. The summed E-state index contributed by atoms with van der Waals surface area (Å²) in [7, 11) is 0. The van der Waals surface area contributed by atoms with Gasteiger partial charge in [0, 0.05) is 11.4 Å². The number of thiol groups is 1. The number of halogens is 1. The summed E-state index contributed by atoms with van der Waals surface area (Å²) in [5.74, 6) is 0.155. The number of amides is 1. The number of hydrogen-bond acceptors (Lipinski definition) is 3. The minimum atomic E-state index is -0.559. The predicted molar refractivity (Wildman–Crippen MR) is 88.7 cm³/mol. The molecular weight excluding hydrogens is 359 g/mol. The van der Waals surface area contributed by atoms with E-state index in [-0.39, 0.29) is 5.91 Å². The number of hydrogen-bond donors (Lipinski definition) is 3. The maximum absolute atomic E-state index is 11.6. The molecule has 5 heteroatoms. The van der Waals surface area contributed by atoms with Crippen LogP contribution in [0.1, 0.15) is 18.4 Å². The van der Waals surface area contributed by atoms with E-state index in [0.717, 1.165) is 12.1 Å². The Morgan fingerprint density at radius 2 is 2.00 bits per heavy atom. The van der Waals surface area contributed by atoms with Crippen molar-refractivity contribution in [1.29, 1.82) is 0 Å². The highest BCUT2D eigenvalue weighted by atomic mass is 127. The first-order valence-corrected chi connectivity index (χ1v) is 8.15. The van der Waals surface area contributed by atoms with Gasteiger partial charge in [-0.2, -0.15) is 12.6 Å². The van der Waals surface area contributed by atoms with E-state index >= 15 is 0 Å². The van der Waals surface area contributed by atoms with Crippen molar-refractivity contribution in [1.82, 2.24) is 0 Å². The molecule has 1 unspecified atom stereocenters. The maximum atomic E-state index is 11.6. The molecule has 0 spiro atoms. The van der Waals surface area contributed by atoms with Crippen molar-refractivity contribution in [3.05, 3.63) is 29.8 Å². The van der Waals surface area contributed by atoms with Crippen LogP contribution in [0.3, 0.4) is 0 Å². The highest BCUT2D eigenvalue weighted by Crippen LogP contribution is 2.12. The third-order valence-corrected chi connectivity index (χ3v) is 3.76. The van der Waals surface area contributed by atoms with Gasteiger partial charge in [0.05, 0.1) is 6.04 Å². The number of nitrogens with two attached hydrogens (primary N) is 1. The normalized spacial score (nSPS) is 12.2. The average molecular weight is 378 g/mol. The van der Waals surface area contributed by atoms with Crippen LogP contribution in [-0.4, -0.2) is 22.1 Å². The van der Waals surface area contributed by atoms with Crippen LogP contribution in [0.5, 0.6) is 0 Å². The lowest BCUT2D eigenvalue weighted by Gasteiger charge is -2.10. The molecule has 3 N–H and O–H groups in total. The predicted octanol–water partition coefficient (Wildman–Crippen LogP) is 2.64. The molecule has 0 aliphatic carbocycles. The molecule has 0 heterocycles. The van der Waals surface area contributed by atoms with Gasteiger partial charge in [-0.1, -0.05) is 34.7 Å². The summed E-state index contributed by atoms with van der Waals surface area (Å²) in [4.78, 5) is 11.6. The van der Waals surface area contributed by atoms with Crippen LogP contribution in [0, 0.1) is 0 Å². The lowest BCUT2D eigenvalue weighted by molar-refractivity contribution is -0.116. The molecule has 1 rings (SSSR count). The monoisotopic (exact) mass is 378 g/mol. The zero-order valence-corrected chi connectivity index (χ0v) is 13.3. The first-order valence-electron chi connectivity index (χ1n) is 5.99. The Hall–Kier alpha value is -0.270. The van der Waals surface area contributed by atoms with Gasteiger partial charge in [0.25, 0.3) is 0 Å². The van der Waals surface area contributed by atoms with Crippen molar-refractivity contribution in [2.75, 3.05) is 15.5 Å². The summed E-state index contributed by atoms with van der Waals surface area (Å²) in [5, 5.41) is 2.77. The highest BCUT2D eigenvalue weighted by molar-refractivity contribution is 14.1. The molecule has 0 saturated heterocycles. The molecule has 0 aliphatic heterocycles. The fraction of sp³-hybridized carbons (Fsp3) is 0.462. The van der Waals surface area contributed by atoms with Crippen LogP contribution in [0.2, 0.25) is 0 Å². The van der Waals surface area contributed by atoms with Crippen LogP contribution >= 0.6 is 35.2 Å². The fourth-order valence-electron chi connectivity index (χ4n) is 1.50. The Balaban J connectivity index is 2.47. The Kier molecular flexibility index (Phi) is 7.69. The van der Waals surface area contributed by atoms with Crippen LogP contribution in [0.15, 0.2) is 24.3 Å². The van der Waals surface area contributed by atoms with E-state index in [9.17, 15) is 4.79 Å². The first-order chi connectivity index (χ1) is 8.67. The number of alkyl halides is 1. The molecule has 1 atom stereocenters. The zero-order valence-electron chi connectivity index (χ0n) is 10.2. The van der Waals surface area contributed by atoms with Crippen molar-refractivity contribution in [3.8, 4) is 0 Å². The van der Waals surface area contributed by atoms with Crippen LogP contribution in [0.25, 0.3) is 0 Å². The van der Waals surface area contributed by atoms with Crippen LogP contribution < -0.4 is 11.1 Å². The van der Waals surface area contributed by atoms with E-state index in [1.54, 1.807) is 0 Å². The van der Waals surface area contributed by atoms with Crippen molar-refractivity contribution < 1.29 is 4.79 Å². The Morgan fingerprint density at radius 1 is 1.33 bits per heavy atom. The second kappa shape index (κ2) is 8.77. The minimum Gasteiger partial charge on any atom is -0.325 e. The maximum Gasteiger partial charge on any atom is 0.242 e. The van der Waals surface area contributed by atoms with Gasteiger partial charge in [0.15, 0.2) is 0 Å². The summed E-state index contributed by atoms with van der Waals surface area (Å²) >= 11 is 6.39. The van der Waals surface area contributed by atoms with E-state index < -0.39 is 6.04 Å². The summed E-state index contributed by atoms with van der Waals surface area (Å²) in [6.45, 7) is 0. The number of benzene rings is 1. The molecule has 100 valence electrons. The molecule has 0 fully saturated rings. The van der Waals surface area contributed by atoms with Crippen molar-refractivity contribution in [2.24, 2.45) is 5.73 Å². The molecule has 0 aliphatic rings. The summed E-state index contributed by atoms with van der Waals surface area (Å²) < 4.78 is 1.20. The quantitative estimate of drug-likeness (QED) is 0.296. The molecule has 1 aromatic carbocycles. The second-order valence-corrected chi connectivity index (χ2v) is 5.57. The molecule has 1 amide bonds. The summed E-state index contributed by atoms with van der Waals surface area (Å²) in [5.41, 5.74) is 7.68. The smallest absolute Gasteiger partial charge is 0.242 e. The van der Waals surface area contributed by atoms with Crippen LogP contribution in [-0.2, 0) is 11.2 Å². The average Bonchev–Trinajstić information content (AvgIpc) is 2.40. The molecular formula is C13H19IN2OS.